The van der Waals surface area contributed by atoms with Gasteiger partial charge in [0.25, 0.3) is 5.91 Å². The Morgan fingerprint density at radius 2 is 1.69 bits per heavy atom. The maximum absolute atomic E-state index is 12.5. The first kappa shape index (κ1) is 22.0. The summed E-state index contributed by atoms with van der Waals surface area (Å²) in [6.07, 6.45) is 1.89. The highest BCUT2D eigenvalue weighted by Crippen LogP contribution is 2.39. The smallest absolute Gasteiger partial charge is 0.262 e. The van der Waals surface area contributed by atoms with Gasteiger partial charge in [-0.15, -0.1) is 0 Å². The van der Waals surface area contributed by atoms with Crippen LogP contribution >= 0.6 is 11.8 Å². The maximum Gasteiger partial charge on any atom is 0.262 e. The van der Waals surface area contributed by atoms with E-state index in [2.05, 4.69) is 38.2 Å². The van der Waals surface area contributed by atoms with Crippen LogP contribution < -0.4 is 14.8 Å². The average molecular weight is 446 g/mol. The number of hydrogen-bond acceptors (Lipinski definition) is 4. The van der Waals surface area contributed by atoms with E-state index in [9.17, 15) is 4.79 Å². The van der Waals surface area contributed by atoms with Gasteiger partial charge in [0.1, 0.15) is 6.61 Å². The van der Waals surface area contributed by atoms with Gasteiger partial charge in [0.2, 0.25) is 0 Å². The van der Waals surface area contributed by atoms with E-state index in [-0.39, 0.29) is 5.91 Å². The summed E-state index contributed by atoms with van der Waals surface area (Å²) in [7, 11) is 0. The van der Waals surface area contributed by atoms with Gasteiger partial charge in [-0.05, 0) is 80.3 Å². The number of aryl methyl sites for hydroxylation is 3. The van der Waals surface area contributed by atoms with E-state index in [1.165, 1.54) is 34.0 Å². The number of carbonyl (C=O) groups excluding carboxylic acids is 1. The maximum atomic E-state index is 12.5. The van der Waals surface area contributed by atoms with Crippen LogP contribution in [0.15, 0.2) is 64.4 Å². The highest BCUT2D eigenvalue weighted by atomic mass is 32.2. The lowest BCUT2D eigenvalue weighted by Crippen LogP contribution is -2.17. The third-order valence-corrected chi connectivity index (χ3v) is 6.46. The molecule has 4 rings (SSSR count). The molecule has 164 valence electrons. The molecule has 0 aromatic heterocycles. The number of fused-ring (bicyclic) bond motifs is 1. The number of anilines is 1. The minimum absolute atomic E-state index is 0.0997. The van der Waals surface area contributed by atoms with Crippen molar-refractivity contribution in [2.24, 2.45) is 0 Å². The fourth-order valence-corrected chi connectivity index (χ4v) is 4.79. The molecule has 0 spiro atoms. The van der Waals surface area contributed by atoms with Crippen molar-refractivity contribution in [2.45, 2.75) is 39.2 Å². The molecule has 1 aliphatic rings. The number of ether oxygens (including phenoxy) is 2. The van der Waals surface area contributed by atoms with Gasteiger partial charge in [-0.2, -0.15) is 0 Å². The predicted molar refractivity (Wildman–Crippen MR) is 132 cm³/mol. The van der Waals surface area contributed by atoms with Crippen LogP contribution in [0.1, 0.15) is 34.7 Å². The Morgan fingerprint density at radius 3 is 2.44 bits per heavy atom. The molecule has 0 aliphatic carbocycles. The van der Waals surface area contributed by atoms with Crippen molar-refractivity contribution in [3.63, 3.8) is 0 Å². The average Bonchev–Trinajstić information content (AvgIpc) is 2.75. The fraction of sp³-hybridized carbons (Fsp3) is 0.222. The molecule has 5 heteroatoms. The summed E-state index contributed by atoms with van der Waals surface area (Å²) < 4.78 is 12.0. The SMILES string of the molecule is CCOc1cc(/C=C2\Sc3ccccc3NC2=O)ccc1OCc1c(C)cc(C)cc1C. The third kappa shape index (κ3) is 4.83. The monoisotopic (exact) mass is 445 g/mol. The summed E-state index contributed by atoms with van der Waals surface area (Å²) in [6.45, 7) is 9.29. The number of carbonyl (C=O) groups is 1. The Morgan fingerprint density at radius 1 is 0.938 bits per heavy atom. The third-order valence-electron chi connectivity index (χ3n) is 5.36. The summed E-state index contributed by atoms with van der Waals surface area (Å²) in [5.41, 5.74) is 6.63. The van der Waals surface area contributed by atoms with E-state index in [1.54, 1.807) is 0 Å². The van der Waals surface area contributed by atoms with Gasteiger partial charge in [0.15, 0.2) is 11.5 Å². The summed E-state index contributed by atoms with van der Waals surface area (Å²) >= 11 is 1.47. The first-order chi connectivity index (χ1) is 15.4. The van der Waals surface area contributed by atoms with E-state index in [0.29, 0.717) is 29.6 Å². The van der Waals surface area contributed by atoms with Crippen molar-refractivity contribution in [2.75, 3.05) is 11.9 Å². The molecule has 0 saturated heterocycles. The highest BCUT2D eigenvalue weighted by Gasteiger charge is 2.20. The van der Waals surface area contributed by atoms with Crippen molar-refractivity contribution in [3.8, 4) is 11.5 Å². The van der Waals surface area contributed by atoms with E-state index < -0.39 is 0 Å². The number of thioether (sulfide) groups is 1. The predicted octanol–water partition coefficient (Wildman–Crippen LogP) is 6.67. The normalized spacial score (nSPS) is 14.1. The Labute approximate surface area is 193 Å². The molecular formula is C27H27NO3S. The lowest BCUT2D eigenvalue weighted by molar-refractivity contribution is -0.112. The Kier molecular flexibility index (Phi) is 6.56. The van der Waals surface area contributed by atoms with Crippen LogP contribution in [-0.4, -0.2) is 12.5 Å². The summed E-state index contributed by atoms with van der Waals surface area (Å²) in [5, 5.41) is 2.95. The number of rotatable bonds is 6. The molecular weight excluding hydrogens is 418 g/mol. The van der Waals surface area contributed by atoms with Gasteiger partial charge in [0.05, 0.1) is 17.2 Å². The summed E-state index contributed by atoms with van der Waals surface area (Å²) in [5.74, 6) is 1.27. The van der Waals surface area contributed by atoms with Crippen LogP contribution in [0.3, 0.4) is 0 Å². The second kappa shape index (κ2) is 9.53. The summed E-state index contributed by atoms with van der Waals surface area (Å²) in [4.78, 5) is 14.2. The highest BCUT2D eigenvalue weighted by molar-refractivity contribution is 8.04. The molecule has 1 N–H and O–H groups in total. The minimum Gasteiger partial charge on any atom is -0.490 e. The van der Waals surface area contributed by atoms with Crippen molar-refractivity contribution < 1.29 is 14.3 Å². The Hall–Kier alpha value is -3.18. The van der Waals surface area contributed by atoms with Gasteiger partial charge in [-0.1, -0.05) is 47.7 Å². The molecule has 0 bridgehead atoms. The lowest BCUT2D eigenvalue weighted by Gasteiger charge is -2.18. The van der Waals surface area contributed by atoms with E-state index in [1.807, 2.05) is 55.5 Å². The lowest BCUT2D eigenvalue weighted by atomic mass is 10.0. The number of amides is 1. The zero-order valence-electron chi connectivity index (χ0n) is 18.8. The molecule has 0 fully saturated rings. The molecule has 0 unspecified atom stereocenters. The number of benzene rings is 3. The molecule has 3 aromatic carbocycles. The molecule has 0 atom stereocenters. The summed E-state index contributed by atoms with van der Waals surface area (Å²) in [6, 6.07) is 17.9. The molecule has 1 amide bonds. The molecule has 0 saturated carbocycles. The van der Waals surface area contributed by atoms with Crippen LogP contribution in [0.25, 0.3) is 6.08 Å². The van der Waals surface area contributed by atoms with Crippen molar-refractivity contribution >= 4 is 29.4 Å². The topological polar surface area (TPSA) is 47.6 Å². The molecule has 3 aromatic rings. The minimum atomic E-state index is -0.0997. The van der Waals surface area contributed by atoms with Gasteiger partial charge in [0, 0.05) is 4.90 Å². The van der Waals surface area contributed by atoms with Gasteiger partial charge in [-0.25, -0.2) is 0 Å². The van der Waals surface area contributed by atoms with Crippen LogP contribution in [0, 0.1) is 20.8 Å². The van der Waals surface area contributed by atoms with Crippen LogP contribution in [0.5, 0.6) is 11.5 Å². The van der Waals surface area contributed by atoms with Gasteiger partial charge in [-0.3, -0.25) is 4.79 Å². The van der Waals surface area contributed by atoms with Crippen LogP contribution in [0.2, 0.25) is 0 Å². The van der Waals surface area contributed by atoms with Gasteiger partial charge < -0.3 is 14.8 Å². The van der Waals surface area contributed by atoms with E-state index in [0.717, 1.165) is 16.1 Å². The van der Waals surface area contributed by atoms with Gasteiger partial charge >= 0.3 is 0 Å². The number of para-hydroxylation sites is 1. The van der Waals surface area contributed by atoms with Crippen LogP contribution in [-0.2, 0) is 11.4 Å². The molecule has 1 aliphatic heterocycles. The molecule has 1 heterocycles. The second-order valence-electron chi connectivity index (χ2n) is 7.87. The fourth-order valence-electron chi connectivity index (χ4n) is 3.84. The standard InChI is InChI=1S/C27H27NO3S/c1-5-30-24-14-20(15-26-27(29)28-22-8-6-7-9-25(22)32-26)10-11-23(24)31-16-21-18(3)12-17(2)13-19(21)4/h6-15H,5,16H2,1-4H3,(H,28,29)/b26-15-. The largest absolute Gasteiger partial charge is 0.490 e. The molecule has 32 heavy (non-hydrogen) atoms. The molecule has 0 radical (unpaired) electrons. The van der Waals surface area contributed by atoms with E-state index in [4.69, 9.17) is 9.47 Å². The Balaban J connectivity index is 1.57. The first-order valence-corrected chi connectivity index (χ1v) is 11.5. The molecule has 4 nitrogen and oxygen atoms in total. The van der Waals surface area contributed by atoms with E-state index >= 15 is 0 Å². The van der Waals surface area contributed by atoms with Crippen molar-refractivity contribution in [1.29, 1.82) is 0 Å². The number of nitrogens with one attached hydrogen (secondary N) is 1. The van der Waals surface area contributed by atoms with Crippen LogP contribution in [0.4, 0.5) is 5.69 Å². The second-order valence-corrected chi connectivity index (χ2v) is 8.95. The zero-order valence-corrected chi connectivity index (χ0v) is 19.6. The quantitative estimate of drug-likeness (QED) is 0.430. The Bertz CT molecular complexity index is 1180. The number of hydrogen-bond donors (Lipinski definition) is 1. The first-order valence-electron chi connectivity index (χ1n) is 10.7. The zero-order chi connectivity index (χ0) is 22.7. The van der Waals surface area contributed by atoms with Crippen molar-refractivity contribution in [1.82, 2.24) is 0 Å². The van der Waals surface area contributed by atoms with Crippen molar-refractivity contribution in [3.05, 3.63) is 87.3 Å².